The predicted octanol–water partition coefficient (Wildman–Crippen LogP) is 1.37. The summed E-state index contributed by atoms with van der Waals surface area (Å²) in [4.78, 5) is 23.0. The average Bonchev–Trinajstić information content (AvgIpc) is 2.46. The van der Waals surface area contributed by atoms with Crippen molar-refractivity contribution in [1.82, 2.24) is 5.32 Å². The quantitative estimate of drug-likeness (QED) is 0.636. The third-order valence-electron chi connectivity index (χ3n) is 2.45. The van der Waals surface area contributed by atoms with E-state index in [0.717, 1.165) is 0 Å². The van der Waals surface area contributed by atoms with Gasteiger partial charge in [0.2, 0.25) is 0 Å². The van der Waals surface area contributed by atoms with Crippen LogP contribution in [0.5, 0.6) is 0 Å². The molecule has 0 unspecified atom stereocenters. The van der Waals surface area contributed by atoms with Crippen molar-refractivity contribution in [1.29, 1.82) is 0 Å². The van der Waals surface area contributed by atoms with Gasteiger partial charge in [-0.05, 0) is 25.1 Å². The summed E-state index contributed by atoms with van der Waals surface area (Å²) < 4.78 is 4.75. The molecule has 21 heavy (non-hydrogen) atoms. The number of hydrogen-bond donors (Lipinski definition) is 2. The zero-order chi connectivity index (χ0) is 15.7. The number of amides is 1. The first-order chi connectivity index (χ1) is 10.1. The van der Waals surface area contributed by atoms with Gasteiger partial charge in [0.25, 0.3) is 5.91 Å². The lowest BCUT2D eigenvalue weighted by Gasteiger charge is -2.06. The number of esters is 1. The summed E-state index contributed by atoms with van der Waals surface area (Å²) in [6.45, 7) is 1.98. The molecule has 5 nitrogen and oxygen atoms in total. The maximum atomic E-state index is 11.9. The number of aliphatic hydroxyl groups excluding tert-OH is 1. The number of rotatable bonds is 5. The maximum Gasteiger partial charge on any atom is 0.307 e. The highest BCUT2D eigenvalue weighted by atomic mass is 35.5. The van der Waals surface area contributed by atoms with Crippen LogP contribution in [0.4, 0.5) is 0 Å². The second-order valence-electron chi connectivity index (χ2n) is 3.97. The summed E-state index contributed by atoms with van der Waals surface area (Å²) in [5.74, 6) is 4.47. The van der Waals surface area contributed by atoms with Crippen LogP contribution in [0, 0.1) is 11.8 Å². The molecule has 0 heterocycles. The number of hydrogen-bond acceptors (Lipinski definition) is 4. The molecule has 2 N–H and O–H groups in total. The van der Waals surface area contributed by atoms with Crippen molar-refractivity contribution in [3.8, 4) is 11.8 Å². The highest BCUT2D eigenvalue weighted by Crippen LogP contribution is 2.17. The predicted molar refractivity (Wildman–Crippen MR) is 79.0 cm³/mol. The van der Waals surface area contributed by atoms with Crippen molar-refractivity contribution in [3.63, 3.8) is 0 Å². The molecule has 0 atom stereocenters. The van der Waals surface area contributed by atoms with E-state index >= 15 is 0 Å². The number of aliphatic hydroxyl groups is 1. The first-order valence-corrected chi connectivity index (χ1v) is 6.79. The van der Waals surface area contributed by atoms with E-state index in [4.69, 9.17) is 21.4 Å². The summed E-state index contributed by atoms with van der Waals surface area (Å²) in [5.41, 5.74) is 0.909. The van der Waals surface area contributed by atoms with Gasteiger partial charge < -0.3 is 15.2 Å². The number of halogens is 1. The maximum absolute atomic E-state index is 11.9. The molecule has 1 aromatic rings. The second-order valence-corrected chi connectivity index (χ2v) is 4.37. The van der Waals surface area contributed by atoms with Crippen LogP contribution in [-0.2, 0) is 9.53 Å². The zero-order valence-electron chi connectivity index (χ0n) is 11.6. The normalized spacial score (nSPS) is 9.48. The van der Waals surface area contributed by atoms with Gasteiger partial charge in [0, 0.05) is 17.7 Å². The van der Waals surface area contributed by atoms with Crippen molar-refractivity contribution in [2.45, 2.75) is 13.3 Å². The van der Waals surface area contributed by atoms with Gasteiger partial charge in [0.05, 0.1) is 18.1 Å². The zero-order valence-corrected chi connectivity index (χ0v) is 12.4. The molecular formula is C15H16ClNO4. The molecule has 0 fully saturated rings. The van der Waals surface area contributed by atoms with Crippen LogP contribution in [0.25, 0.3) is 0 Å². The first-order valence-electron chi connectivity index (χ1n) is 6.41. The fourth-order valence-electron chi connectivity index (χ4n) is 1.51. The van der Waals surface area contributed by atoms with Gasteiger partial charge in [-0.1, -0.05) is 23.4 Å². The molecule has 0 aliphatic carbocycles. The van der Waals surface area contributed by atoms with Crippen LogP contribution in [0.3, 0.4) is 0 Å². The molecule has 0 spiro atoms. The Kier molecular flexibility index (Phi) is 7.30. The van der Waals surface area contributed by atoms with E-state index in [-0.39, 0.29) is 31.4 Å². The third kappa shape index (κ3) is 5.86. The summed E-state index contributed by atoms with van der Waals surface area (Å²) in [6.07, 6.45) is 0.118. The molecule has 0 aromatic heterocycles. The van der Waals surface area contributed by atoms with Crippen LogP contribution in [-0.4, -0.2) is 36.7 Å². The van der Waals surface area contributed by atoms with Gasteiger partial charge in [-0.15, -0.1) is 0 Å². The van der Waals surface area contributed by atoms with Gasteiger partial charge >= 0.3 is 5.97 Å². The van der Waals surface area contributed by atoms with E-state index in [1.807, 2.05) is 0 Å². The van der Waals surface area contributed by atoms with Crippen LogP contribution >= 0.6 is 11.6 Å². The second kappa shape index (κ2) is 9.01. The molecule has 1 rings (SSSR count). The number of carbonyl (C=O) groups excluding carboxylic acids is 2. The Hall–Kier alpha value is -2.03. The molecule has 0 bridgehead atoms. The minimum absolute atomic E-state index is 0.118. The van der Waals surface area contributed by atoms with E-state index in [1.54, 1.807) is 19.1 Å². The van der Waals surface area contributed by atoms with E-state index in [0.29, 0.717) is 22.8 Å². The minimum Gasteiger partial charge on any atom is -0.466 e. The Morgan fingerprint density at radius 1 is 1.43 bits per heavy atom. The Balaban J connectivity index is 2.59. The Bertz CT molecular complexity index is 575. The monoisotopic (exact) mass is 309 g/mol. The van der Waals surface area contributed by atoms with Gasteiger partial charge in [-0.3, -0.25) is 9.59 Å². The van der Waals surface area contributed by atoms with E-state index in [1.165, 1.54) is 6.07 Å². The highest BCUT2D eigenvalue weighted by Gasteiger charge is 2.09. The van der Waals surface area contributed by atoms with Crippen molar-refractivity contribution in [2.75, 3.05) is 19.8 Å². The molecule has 0 radical (unpaired) electrons. The Morgan fingerprint density at radius 3 is 2.81 bits per heavy atom. The average molecular weight is 310 g/mol. The van der Waals surface area contributed by atoms with Gasteiger partial charge in [0.1, 0.15) is 6.61 Å². The molecule has 112 valence electrons. The third-order valence-corrected chi connectivity index (χ3v) is 2.77. The van der Waals surface area contributed by atoms with E-state index in [2.05, 4.69) is 17.2 Å². The van der Waals surface area contributed by atoms with E-state index < -0.39 is 0 Å². The minimum atomic E-state index is -0.356. The molecule has 6 heteroatoms. The van der Waals surface area contributed by atoms with Crippen LogP contribution in [0.2, 0.25) is 5.02 Å². The summed E-state index contributed by atoms with van der Waals surface area (Å²) in [6, 6.07) is 4.67. The van der Waals surface area contributed by atoms with E-state index in [9.17, 15) is 9.59 Å². The lowest BCUT2D eigenvalue weighted by Crippen LogP contribution is -2.26. The fraction of sp³-hybridized carbons (Fsp3) is 0.333. The molecule has 0 saturated carbocycles. The van der Waals surface area contributed by atoms with Crippen molar-refractivity contribution < 1.29 is 19.4 Å². The molecule has 1 amide bonds. The van der Waals surface area contributed by atoms with Gasteiger partial charge in [-0.25, -0.2) is 0 Å². The molecule has 0 aliphatic rings. The van der Waals surface area contributed by atoms with Crippen molar-refractivity contribution >= 4 is 23.5 Å². The number of benzene rings is 1. The van der Waals surface area contributed by atoms with Crippen LogP contribution in [0.1, 0.15) is 29.3 Å². The van der Waals surface area contributed by atoms with Crippen LogP contribution < -0.4 is 5.32 Å². The molecule has 1 aromatic carbocycles. The van der Waals surface area contributed by atoms with Crippen molar-refractivity contribution in [2.24, 2.45) is 0 Å². The fourth-order valence-corrected chi connectivity index (χ4v) is 1.73. The molecule has 0 saturated heterocycles. The summed E-state index contributed by atoms with van der Waals surface area (Å²) >= 11 is 6.00. The highest BCUT2D eigenvalue weighted by molar-refractivity contribution is 6.32. The largest absolute Gasteiger partial charge is 0.466 e. The Morgan fingerprint density at radius 2 is 2.19 bits per heavy atom. The summed E-state index contributed by atoms with van der Waals surface area (Å²) in [7, 11) is 0. The SMILES string of the molecule is CCOC(=O)CCNC(=O)c1ccc(C#CCO)c(Cl)c1. The standard InChI is InChI=1S/C15H16ClNO4/c1-2-21-14(19)7-8-17-15(20)12-6-5-11(4-3-9-18)13(16)10-12/h5-6,10,18H,2,7-9H2,1H3,(H,17,20). The summed E-state index contributed by atoms with van der Waals surface area (Å²) in [5, 5.41) is 11.6. The molecule has 0 aliphatic heterocycles. The lowest BCUT2D eigenvalue weighted by molar-refractivity contribution is -0.142. The van der Waals surface area contributed by atoms with Gasteiger partial charge in [0.15, 0.2) is 0 Å². The lowest BCUT2D eigenvalue weighted by atomic mass is 10.1. The number of nitrogens with one attached hydrogen (secondary N) is 1. The molecular weight excluding hydrogens is 294 g/mol. The van der Waals surface area contributed by atoms with Crippen LogP contribution in [0.15, 0.2) is 18.2 Å². The number of ether oxygens (including phenoxy) is 1. The number of carbonyl (C=O) groups is 2. The van der Waals surface area contributed by atoms with Gasteiger partial charge in [-0.2, -0.15) is 0 Å². The topological polar surface area (TPSA) is 75.6 Å². The smallest absolute Gasteiger partial charge is 0.307 e. The Labute approximate surface area is 128 Å². The first kappa shape index (κ1) is 17.0. The van der Waals surface area contributed by atoms with Crippen molar-refractivity contribution in [3.05, 3.63) is 34.3 Å².